The lowest BCUT2D eigenvalue weighted by atomic mass is 10.0. The highest BCUT2D eigenvalue weighted by atomic mass is 19.1. The van der Waals surface area contributed by atoms with Crippen molar-refractivity contribution >= 4 is 5.69 Å². The van der Waals surface area contributed by atoms with Crippen molar-refractivity contribution in [3.63, 3.8) is 0 Å². The first-order valence-electron chi connectivity index (χ1n) is 8.68. The molecule has 3 heterocycles. The number of anilines is 1. The highest BCUT2D eigenvalue weighted by Gasteiger charge is 2.29. The summed E-state index contributed by atoms with van der Waals surface area (Å²) in [5.74, 6) is 0.0562. The Kier molecular flexibility index (Phi) is 4.21. The summed E-state index contributed by atoms with van der Waals surface area (Å²) in [6.45, 7) is 3.37. The van der Waals surface area contributed by atoms with E-state index < -0.39 is 5.43 Å². The van der Waals surface area contributed by atoms with E-state index in [9.17, 15) is 14.3 Å². The van der Waals surface area contributed by atoms with Crippen molar-refractivity contribution in [3.8, 4) is 5.75 Å². The molecule has 2 aliphatic rings. The lowest BCUT2D eigenvalue weighted by molar-refractivity contribution is 0.187. The highest BCUT2D eigenvalue weighted by molar-refractivity contribution is 5.58. The number of fused-ring (bicyclic) bond motifs is 1. The molecule has 1 fully saturated rings. The molecule has 0 spiro atoms. The van der Waals surface area contributed by atoms with Gasteiger partial charge in [0.2, 0.25) is 5.43 Å². The minimum atomic E-state index is -0.406. The normalized spacial score (nSPS) is 18.5. The van der Waals surface area contributed by atoms with Gasteiger partial charge in [-0.05, 0) is 43.0 Å². The average molecular weight is 344 g/mol. The van der Waals surface area contributed by atoms with Gasteiger partial charge in [-0.25, -0.2) is 4.39 Å². The van der Waals surface area contributed by atoms with Gasteiger partial charge in [-0.2, -0.15) is 0 Å². The number of piperidine rings is 1. The van der Waals surface area contributed by atoms with E-state index in [0.717, 1.165) is 50.7 Å². The number of benzene rings is 1. The van der Waals surface area contributed by atoms with Crippen LogP contribution < -0.4 is 10.3 Å². The van der Waals surface area contributed by atoms with Crippen LogP contribution in [0.4, 0.5) is 10.1 Å². The average Bonchev–Trinajstić information content (AvgIpc) is 3.02. The van der Waals surface area contributed by atoms with Crippen molar-refractivity contribution in [1.82, 2.24) is 4.90 Å². The maximum absolute atomic E-state index is 13.4. The Morgan fingerprint density at radius 1 is 1.20 bits per heavy atom. The molecule has 2 aliphatic heterocycles. The first-order valence-corrected chi connectivity index (χ1v) is 8.68. The number of rotatable bonds is 3. The van der Waals surface area contributed by atoms with E-state index in [-0.39, 0.29) is 11.6 Å². The van der Waals surface area contributed by atoms with Crippen molar-refractivity contribution in [2.45, 2.75) is 31.8 Å². The van der Waals surface area contributed by atoms with Crippen LogP contribution in [-0.2, 0) is 13.0 Å². The van der Waals surface area contributed by atoms with Gasteiger partial charge in [0.15, 0.2) is 5.75 Å². The summed E-state index contributed by atoms with van der Waals surface area (Å²) in [7, 11) is 0. The van der Waals surface area contributed by atoms with Gasteiger partial charge in [-0.15, -0.1) is 0 Å². The topological polar surface area (TPSA) is 56.9 Å². The van der Waals surface area contributed by atoms with E-state index in [2.05, 4.69) is 9.80 Å². The van der Waals surface area contributed by atoms with Gasteiger partial charge in [0.05, 0.1) is 6.54 Å². The van der Waals surface area contributed by atoms with E-state index in [1.54, 1.807) is 12.1 Å². The zero-order valence-corrected chi connectivity index (χ0v) is 13.9. The molecule has 0 radical (unpaired) electrons. The van der Waals surface area contributed by atoms with Crippen LogP contribution in [0.15, 0.2) is 39.7 Å². The number of hydrogen-bond donors (Lipinski definition) is 1. The van der Waals surface area contributed by atoms with Gasteiger partial charge in [-0.3, -0.25) is 9.69 Å². The molecular formula is C19H21FN2O3. The predicted molar refractivity (Wildman–Crippen MR) is 92.4 cm³/mol. The molecule has 0 unspecified atom stereocenters. The maximum atomic E-state index is 13.4. The molecule has 1 aromatic carbocycles. The molecule has 5 nitrogen and oxygen atoms in total. The predicted octanol–water partition coefficient (Wildman–Crippen LogP) is 2.51. The van der Waals surface area contributed by atoms with Crippen molar-refractivity contribution in [1.29, 1.82) is 0 Å². The summed E-state index contributed by atoms with van der Waals surface area (Å²) in [5, 5.41) is 9.25. The Bertz CT molecular complexity index is 828. The van der Waals surface area contributed by atoms with Crippen LogP contribution in [0.5, 0.6) is 5.75 Å². The number of nitrogens with zero attached hydrogens (tertiary/aromatic N) is 2. The fourth-order valence-corrected chi connectivity index (χ4v) is 3.91. The number of hydrogen-bond acceptors (Lipinski definition) is 5. The third kappa shape index (κ3) is 3.26. The van der Waals surface area contributed by atoms with Gasteiger partial charge >= 0.3 is 0 Å². The lowest BCUT2D eigenvalue weighted by Gasteiger charge is -2.37. The zero-order valence-electron chi connectivity index (χ0n) is 13.9. The standard InChI is InChI=1S/C19H21FN2O3/c20-14-1-2-17-13(9-14)3-8-22(17)15-4-6-21(7-5-15)11-16-10-18(23)19(24)12-25-16/h1-2,9-10,12,15,24H,3-8,11H2. The second-order valence-electron chi connectivity index (χ2n) is 6.82. The van der Waals surface area contributed by atoms with E-state index in [0.29, 0.717) is 18.3 Å². The van der Waals surface area contributed by atoms with Crippen LogP contribution in [-0.4, -0.2) is 35.7 Å². The van der Waals surface area contributed by atoms with Crippen molar-refractivity contribution < 1.29 is 13.9 Å². The molecule has 1 saturated heterocycles. The van der Waals surface area contributed by atoms with Crippen LogP contribution in [0.1, 0.15) is 24.2 Å². The first-order chi connectivity index (χ1) is 12.1. The molecule has 0 aliphatic carbocycles. The lowest BCUT2D eigenvalue weighted by Crippen LogP contribution is -2.44. The molecule has 1 aromatic heterocycles. The van der Waals surface area contributed by atoms with Crippen LogP contribution in [0.2, 0.25) is 0 Å². The second-order valence-corrected chi connectivity index (χ2v) is 6.82. The van der Waals surface area contributed by atoms with E-state index in [1.807, 2.05) is 6.07 Å². The molecule has 0 bridgehead atoms. The van der Waals surface area contributed by atoms with Crippen molar-refractivity contribution in [2.24, 2.45) is 0 Å². The van der Waals surface area contributed by atoms with Gasteiger partial charge in [-0.1, -0.05) is 0 Å². The van der Waals surface area contributed by atoms with E-state index in [4.69, 9.17) is 4.42 Å². The summed E-state index contributed by atoms with van der Waals surface area (Å²) in [6, 6.07) is 6.91. The zero-order chi connectivity index (χ0) is 17.4. The Morgan fingerprint density at radius 3 is 2.76 bits per heavy atom. The Labute approximate surface area is 145 Å². The Balaban J connectivity index is 1.38. The van der Waals surface area contributed by atoms with Gasteiger partial charge in [0.25, 0.3) is 0 Å². The summed E-state index contributed by atoms with van der Waals surface area (Å²) < 4.78 is 18.7. The molecule has 25 heavy (non-hydrogen) atoms. The molecule has 6 heteroatoms. The first kappa shape index (κ1) is 16.1. The summed E-state index contributed by atoms with van der Waals surface area (Å²) in [4.78, 5) is 16.2. The van der Waals surface area contributed by atoms with Crippen LogP contribution >= 0.6 is 0 Å². The smallest absolute Gasteiger partial charge is 0.226 e. The maximum Gasteiger partial charge on any atom is 0.226 e. The number of halogens is 1. The summed E-state index contributed by atoms with van der Waals surface area (Å²) >= 11 is 0. The Hall–Kier alpha value is -2.34. The SMILES string of the molecule is O=c1cc(CN2CCC(N3CCc4cc(F)ccc43)CC2)occ1O. The molecule has 4 rings (SSSR count). The van der Waals surface area contributed by atoms with Crippen LogP contribution in [0.3, 0.4) is 0 Å². The largest absolute Gasteiger partial charge is 0.502 e. The van der Waals surface area contributed by atoms with Gasteiger partial charge in [0, 0.05) is 37.4 Å². The molecule has 0 amide bonds. The minimum Gasteiger partial charge on any atom is -0.502 e. The quantitative estimate of drug-likeness (QED) is 0.927. The van der Waals surface area contributed by atoms with Gasteiger partial charge < -0.3 is 14.4 Å². The van der Waals surface area contributed by atoms with Gasteiger partial charge in [0.1, 0.15) is 17.8 Å². The molecule has 1 N–H and O–H groups in total. The highest BCUT2D eigenvalue weighted by Crippen LogP contribution is 2.33. The summed E-state index contributed by atoms with van der Waals surface area (Å²) in [5.41, 5.74) is 1.87. The minimum absolute atomic E-state index is 0.161. The molecule has 0 saturated carbocycles. The number of aromatic hydroxyl groups is 1. The number of likely N-dealkylation sites (tertiary alicyclic amines) is 1. The summed E-state index contributed by atoms with van der Waals surface area (Å²) in [6.07, 6.45) is 4.06. The fourth-order valence-electron chi connectivity index (χ4n) is 3.91. The van der Waals surface area contributed by atoms with Crippen molar-refractivity contribution in [3.05, 3.63) is 57.9 Å². The molecule has 0 atom stereocenters. The molecule has 132 valence electrons. The molecule has 2 aromatic rings. The van der Waals surface area contributed by atoms with E-state index >= 15 is 0 Å². The van der Waals surface area contributed by atoms with E-state index in [1.165, 1.54) is 11.8 Å². The molecular weight excluding hydrogens is 323 g/mol. The third-order valence-electron chi connectivity index (χ3n) is 5.22. The monoisotopic (exact) mass is 344 g/mol. The third-order valence-corrected chi connectivity index (χ3v) is 5.22. The van der Waals surface area contributed by atoms with Crippen LogP contribution in [0, 0.1) is 5.82 Å². The second kappa shape index (κ2) is 6.52. The van der Waals surface area contributed by atoms with Crippen molar-refractivity contribution in [2.75, 3.05) is 24.5 Å². The Morgan fingerprint density at radius 2 is 2.00 bits per heavy atom. The van der Waals surface area contributed by atoms with Crippen LogP contribution in [0.25, 0.3) is 0 Å². The fraction of sp³-hybridized carbons (Fsp3) is 0.421.